The molecule has 224 valence electrons. The number of rotatable bonds is 4. The Balaban J connectivity index is 1.46. The Morgan fingerprint density at radius 1 is 0.977 bits per heavy atom. The summed E-state index contributed by atoms with van der Waals surface area (Å²) in [6.45, 7) is 3.58. The molecule has 0 aliphatic carbocycles. The molecule has 4 aromatic rings. The largest absolute Gasteiger partial charge is 0.416 e. The van der Waals surface area contributed by atoms with Crippen LogP contribution in [0.3, 0.4) is 0 Å². The van der Waals surface area contributed by atoms with Crippen molar-refractivity contribution >= 4 is 22.6 Å². The molecule has 0 radical (unpaired) electrons. The van der Waals surface area contributed by atoms with E-state index >= 15 is 0 Å². The highest BCUT2D eigenvalue weighted by molar-refractivity contribution is 5.98. The van der Waals surface area contributed by atoms with E-state index in [2.05, 4.69) is 33.8 Å². The van der Waals surface area contributed by atoms with Gasteiger partial charge < -0.3 is 10.6 Å². The van der Waals surface area contributed by atoms with Crippen LogP contribution in [0.25, 0.3) is 11.0 Å². The number of anilines is 1. The van der Waals surface area contributed by atoms with Crippen LogP contribution in [-0.2, 0) is 18.8 Å². The molecule has 1 aliphatic rings. The first-order chi connectivity index (χ1) is 20.2. The van der Waals surface area contributed by atoms with E-state index in [1.54, 1.807) is 25.1 Å². The zero-order valence-corrected chi connectivity index (χ0v) is 23.1. The topological polar surface area (TPSA) is 89.9 Å². The van der Waals surface area contributed by atoms with E-state index in [1.165, 1.54) is 6.33 Å². The number of piperidine rings is 1. The van der Waals surface area contributed by atoms with Crippen LogP contribution in [0.2, 0.25) is 0 Å². The lowest BCUT2D eigenvalue weighted by Crippen LogP contribution is -2.32. The van der Waals surface area contributed by atoms with Gasteiger partial charge in [-0.1, -0.05) is 18.1 Å². The van der Waals surface area contributed by atoms with Gasteiger partial charge in [-0.2, -0.15) is 31.4 Å². The van der Waals surface area contributed by atoms with E-state index in [4.69, 9.17) is 10.8 Å². The van der Waals surface area contributed by atoms with E-state index in [0.29, 0.717) is 40.0 Å². The zero-order chi connectivity index (χ0) is 31.1. The Morgan fingerprint density at radius 3 is 2.26 bits per heavy atom. The van der Waals surface area contributed by atoms with Crippen molar-refractivity contribution in [2.75, 3.05) is 25.9 Å². The van der Waals surface area contributed by atoms with Crippen molar-refractivity contribution in [2.24, 2.45) is 0 Å². The van der Waals surface area contributed by atoms with Gasteiger partial charge >= 0.3 is 12.4 Å². The van der Waals surface area contributed by atoms with Crippen molar-refractivity contribution in [1.29, 1.82) is 0 Å². The number of fused-ring (bicyclic) bond motifs is 1. The second kappa shape index (κ2) is 11.3. The summed E-state index contributed by atoms with van der Waals surface area (Å²) in [7, 11) is 2.05. The first kappa shape index (κ1) is 30.0. The summed E-state index contributed by atoms with van der Waals surface area (Å²) in [5, 5.41) is 5.23. The molecule has 2 aromatic heterocycles. The van der Waals surface area contributed by atoms with E-state index < -0.39 is 41.2 Å². The van der Waals surface area contributed by atoms with Crippen molar-refractivity contribution in [2.45, 2.75) is 44.6 Å². The van der Waals surface area contributed by atoms with E-state index in [-0.39, 0.29) is 17.9 Å². The van der Waals surface area contributed by atoms with Crippen molar-refractivity contribution in [3.8, 4) is 11.8 Å². The van der Waals surface area contributed by atoms with E-state index in [1.807, 2.05) is 4.68 Å². The summed E-state index contributed by atoms with van der Waals surface area (Å²) in [6.07, 6.45) is -7.43. The molecular weight excluding hydrogens is 574 g/mol. The number of nitrogens with two attached hydrogens (primary N) is 1. The minimum absolute atomic E-state index is 0.00806. The number of hydrogen-bond acceptors (Lipinski definition) is 6. The number of carbonyl (C=O) groups is 1. The number of aromatic nitrogens is 4. The summed E-state index contributed by atoms with van der Waals surface area (Å²) in [5.41, 5.74) is 4.95. The molecule has 0 unspecified atom stereocenters. The van der Waals surface area contributed by atoms with Crippen LogP contribution in [0.1, 0.15) is 62.8 Å². The first-order valence-corrected chi connectivity index (χ1v) is 13.3. The Labute approximate surface area is 242 Å². The second-order valence-electron chi connectivity index (χ2n) is 10.6. The number of carbonyl (C=O) groups excluding carboxylic acids is 1. The SMILES string of the molecule is Cc1ccc(CC(=O)c2cc(C(F)(F)F)cc(C(F)(F)F)c2)cc1C#Cc1nn(C2CCN(C)CC2)c2ncnc(N)c12. The minimum Gasteiger partial charge on any atom is -0.383 e. The van der Waals surface area contributed by atoms with Gasteiger partial charge in [0.05, 0.1) is 22.6 Å². The van der Waals surface area contributed by atoms with Gasteiger partial charge in [0.25, 0.3) is 0 Å². The summed E-state index contributed by atoms with van der Waals surface area (Å²) < 4.78 is 81.5. The molecule has 0 atom stereocenters. The lowest BCUT2D eigenvalue weighted by molar-refractivity contribution is -0.143. The van der Waals surface area contributed by atoms with Crippen LogP contribution in [0, 0.1) is 18.8 Å². The molecule has 0 saturated carbocycles. The van der Waals surface area contributed by atoms with Gasteiger partial charge in [-0.05, 0) is 81.2 Å². The van der Waals surface area contributed by atoms with Crippen molar-refractivity contribution in [3.63, 3.8) is 0 Å². The van der Waals surface area contributed by atoms with Crippen LogP contribution in [0.5, 0.6) is 0 Å². The second-order valence-corrected chi connectivity index (χ2v) is 10.6. The number of aryl methyl sites for hydroxylation is 1. The van der Waals surface area contributed by atoms with Crippen LogP contribution in [0.4, 0.5) is 32.2 Å². The number of halogens is 6. The van der Waals surface area contributed by atoms with Gasteiger partial charge in [-0.15, -0.1) is 0 Å². The number of hydrogen-bond donors (Lipinski definition) is 1. The number of Topliss-reactive ketones (excluding diaryl/α,β-unsaturated/α-hetero) is 1. The van der Waals surface area contributed by atoms with Gasteiger partial charge in [0.2, 0.25) is 0 Å². The Morgan fingerprint density at radius 2 is 1.63 bits per heavy atom. The third kappa shape index (κ3) is 6.49. The van der Waals surface area contributed by atoms with Crippen LogP contribution in [-0.4, -0.2) is 50.6 Å². The quantitative estimate of drug-likeness (QED) is 0.180. The fourth-order valence-electron chi connectivity index (χ4n) is 5.02. The standard InChI is InChI=1S/C30H26F6N6O/c1-17-3-4-18(12-25(43)20-13-21(29(31,32)33)15-22(14-20)30(34,35)36)11-19(17)5-6-24-26-27(37)38-16-39-28(26)42(40-24)23-7-9-41(2)10-8-23/h3-4,11,13-16,23H,7-10,12H2,1-2H3,(H2,37,38,39). The number of benzene rings is 2. The maximum Gasteiger partial charge on any atom is 0.416 e. The number of nitrogen functional groups attached to an aromatic ring is 1. The first-order valence-electron chi connectivity index (χ1n) is 13.3. The number of ketones is 1. The van der Waals surface area contributed by atoms with Crippen molar-refractivity contribution in [1.82, 2.24) is 24.6 Å². The van der Waals surface area contributed by atoms with Gasteiger partial charge in [0.15, 0.2) is 11.4 Å². The summed E-state index contributed by atoms with van der Waals surface area (Å²) in [4.78, 5) is 23.6. The highest BCUT2D eigenvalue weighted by atomic mass is 19.4. The maximum atomic E-state index is 13.3. The average Bonchev–Trinajstić information content (AvgIpc) is 3.32. The van der Waals surface area contributed by atoms with Crippen LogP contribution >= 0.6 is 0 Å². The molecule has 0 amide bonds. The van der Waals surface area contributed by atoms with Gasteiger partial charge in [-0.3, -0.25) is 4.79 Å². The number of nitrogens with zero attached hydrogens (tertiary/aromatic N) is 5. The van der Waals surface area contributed by atoms with Crippen molar-refractivity contribution < 1.29 is 31.1 Å². The molecular formula is C30H26F6N6O. The van der Waals surface area contributed by atoms with Crippen LogP contribution < -0.4 is 5.73 Å². The number of alkyl halides is 6. The summed E-state index contributed by atoms with van der Waals surface area (Å²) in [5.74, 6) is 5.39. The molecule has 1 aliphatic heterocycles. The van der Waals surface area contributed by atoms with Gasteiger partial charge in [0, 0.05) is 17.5 Å². The minimum atomic E-state index is -5.05. The molecule has 43 heavy (non-hydrogen) atoms. The highest BCUT2D eigenvalue weighted by Gasteiger charge is 2.37. The molecule has 1 fully saturated rings. The average molecular weight is 601 g/mol. The fraction of sp³-hybridized carbons (Fsp3) is 0.333. The molecule has 13 heteroatoms. The molecule has 3 heterocycles. The molecule has 0 bridgehead atoms. The lowest BCUT2D eigenvalue weighted by atomic mass is 9.96. The van der Waals surface area contributed by atoms with Gasteiger partial charge in [-0.25, -0.2) is 14.6 Å². The Kier molecular flexibility index (Phi) is 7.91. The summed E-state index contributed by atoms with van der Waals surface area (Å²) in [6, 6.07) is 5.79. The molecule has 0 spiro atoms. The number of likely N-dealkylation sites (tertiary alicyclic amines) is 1. The third-order valence-corrected chi connectivity index (χ3v) is 7.44. The van der Waals surface area contributed by atoms with Crippen LogP contribution in [0.15, 0.2) is 42.7 Å². The fourth-order valence-corrected chi connectivity index (χ4v) is 5.02. The van der Waals surface area contributed by atoms with Gasteiger partial charge in [0.1, 0.15) is 17.8 Å². The highest BCUT2D eigenvalue weighted by Crippen LogP contribution is 2.36. The molecule has 5 rings (SSSR count). The normalized spacial score (nSPS) is 15.0. The van der Waals surface area contributed by atoms with E-state index in [9.17, 15) is 31.1 Å². The monoisotopic (exact) mass is 600 g/mol. The maximum absolute atomic E-state index is 13.3. The van der Waals surface area contributed by atoms with E-state index in [0.717, 1.165) is 31.5 Å². The molecule has 1 saturated heterocycles. The predicted molar refractivity (Wildman–Crippen MR) is 147 cm³/mol. The smallest absolute Gasteiger partial charge is 0.383 e. The Bertz CT molecular complexity index is 1720. The molecule has 2 aromatic carbocycles. The molecule has 2 N–H and O–H groups in total. The van der Waals surface area contributed by atoms with Crippen molar-refractivity contribution in [3.05, 3.63) is 81.8 Å². The third-order valence-electron chi connectivity index (χ3n) is 7.44. The predicted octanol–water partition coefficient (Wildman–Crippen LogP) is 5.85. The Hall–Kier alpha value is -4.44. The lowest BCUT2D eigenvalue weighted by Gasteiger charge is -2.29. The summed E-state index contributed by atoms with van der Waals surface area (Å²) >= 11 is 0. The molecule has 7 nitrogen and oxygen atoms in total. The zero-order valence-electron chi connectivity index (χ0n) is 23.1.